The lowest BCUT2D eigenvalue weighted by Gasteiger charge is -2.34. The Morgan fingerprint density at radius 2 is 1.71 bits per heavy atom. The van der Waals surface area contributed by atoms with Crippen molar-refractivity contribution in [3.8, 4) is 0 Å². The van der Waals surface area contributed by atoms with Gasteiger partial charge in [-0.2, -0.15) is 0 Å². The Kier molecular flexibility index (Phi) is 10.5. The molecule has 5 atom stereocenters. The van der Waals surface area contributed by atoms with Gasteiger partial charge in [0.2, 0.25) is 0 Å². The lowest BCUT2D eigenvalue weighted by molar-refractivity contribution is -0.154. The number of aliphatic hydroxyl groups is 2. The molecule has 5 nitrogen and oxygen atoms in total. The van der Waals surface area contributed by atoms with Crippen LogP contribution in [0.2, 0.25) is 0 Å². The smallest absolute Gasteiger partial charge is 0.309 e. The van der Waals surface area contributed by atoms with Crippen LogP contribution in [0, 0.1) is 24.2 Å². The molecule has 0 radical (unpaired) electrons. The van der Waals surface area contributed by atoms with Gasteiger partial charge in [0.25, 0.3) is 0 Å². The number of aryl methyl sites for hydroxylation is 1. The third-order valence-corrected chi connectivity index (χ3v) is 7.50. The molecule has 0 fully saturated rings. The van der Waals surface area contributed by atoms with Crippen molar-refractivity contribution in [2.24, 2.45) is 17.3 Å². The van der Waals surface area contributed by atoms with Crippen molar-refractivity contribution in [2.45, 2.75) is 98.9 Å². The van der Waals surface area contributed by atoms with Gasteiger partial charge in [-0.25, -0.2) is 0 Å². The topological polar surface area (TPSA) is 83.8 Å². The second kappa shape index (κ2) is 12.6. The van der Waals surface area contributed by atoms with Crippen molar-refractivity contribution >= 4 is 17.8 Å². The Balaban J connectivity index is 2.34. The summed E-state index contributed by atoms with van der Waals surface area (Å²) in [5.41, 5.74) is 3.15. The highest BCUT2D eigenvalue weighted by atomic mass is 16.5. The van der Waals surface area contributed by atoms with E-state index < -0.39 is 35.6 Å². The van der Waals surface area contributed by atoms with E-state index in [0.29, 0.717) is 6.42 Å². The highest BCUT2D eigenvalue weighted by molar-refractivity contribution is 5.88. The molecule has 0 unspecified atom stereocenters. The van der Waals surface area contributed by atoms with Crippen molar-refractivity contribution in [3.05, 3.63) is 52.6 Å². The summed E-state index contributed by atoms with van der Waals surface area (Å²) < 4.78 is 5.85. The molecule has 0 spiro atoms. The lowest BCUT2D eigenvalue weighted by atomic mass is 9.73. The van der Waals surface area contributed by atoms with E-state index in [0.717, 1.165) is 30.4 Å². The number of esters is 1. The van der Waals surface area contributed by atoms with Gasteiger partial charge in [-0.3, -0.25) is 9.59 Å². The van der Waals surface area contributed by atoms with E-state index in [1.165, 1.54) is 11.1 Å². The van der Waals surface area contributed by atoms with Gasteiger partial charge in [-0.1, -0.05) is 75.2 Å². The Bertz CT molecular complexity index is 925. The Morgan fingerprint density at radius 3 is 2.34 bits per heavy atom. The summed E-state index contributed by atoms with van der Waals surface area (Å²) in [6.45, 7) is 13.0. The first-order valence-electron chi connectivity index (χ1n) is 12.8. The summed E-state index contributed by atoms with van der Waals surface area (Å²) in [7, 11) is 0. The molecule has 0 amide bonds. The predicted octanol–water partition coefficient (Wildman–Crippen LogP) is 5.81. The van der Waals surface area contributed by atoms with Crippen molar-refractivity contribution in [2.75, 3.05) is 0 Å². The minimum atomic E-state index is -1.21. The standard InChI is InChI=1S/C30H44O5/c1-19-9-8-10-21(3)28(33)23(5)29(34)30(6,7)26(31)18-27(32)35-25(16-13-19)22(4)17-24-14-11-20(2)12-15-24/h11-15,17,21,23,25-26,28,31,33H,8-10,16,18H2,1-7H3/b19-13-,22-17+/t21-,23+,25-,26-,28-/m0/s1. The molecule has 2 rings (SSSR count). The van der Waals surface area contributed by atoms with E-state index in [-0.39, 0.29) is 18.1 Å². The minimum absolute atomic E-state index is 0.0417. The van der Waals surface area contributed by atoms with E-state index in [2.05, 4.69) is 13.0 Å². The molecule has 1 aliphatic heterocycles. The second-order valence-electron chi connectivity index (χ2n) is 11.0. The molecule has 194 valence electrons. The van der Waals surface area contributed by atoms with Crippen LogP contribution >= 0.6 is 0 Å². The fraction of sp³-hybridized carbons (Fsp3) is 0.600. The molecule has 2 N–H and O–H groups in total. The van der Waals surface area contributed by atoms with Crippen LogP contribution in [0.15, 0.2) is 41.5 Å². The average Bonchev–Trinajstić information content (AvgIpc) is 2.80. The maximum Gasteiger partial charge on any atom is 0.309 e. The van der Waals surface area contributed by atoms with Gasteiger partial charge < -0.3 is 14.9 Å². The van der Waals surface area contributed by atoms with Crippen LogP contribution in [0.1, 0.15) is 84.8 Å². The number of cyclic esters (lactones) is 1. The summed E-state index contributed by atoms with van der Waals surface area (Å²) in [5.74, 6) is -1.46. The van der Waals surface area contributed by atoms with Crippen LogP contribution in [0.5, 0.6) is 0 Å². The van der Waals surface area contributed by atoms with Crippen molar-refractivity contribution < 1.29 is 24.5 Å². The molecule has 0 aliphatic carbocycles. The Hall–Kier alpha value is -2.24. The number of ketones is 1. The molecule has 0 saturated carbocycles. The van der Waals surface area contributed by atoms with E-state index >= 15 is 0 Å². The van der Waals surface area contributed by atoms with E-state index in [9.17, 15) is 19.8 Å². The van der Waals surface area contributed by atoms with Gasteiger partial charge in [-0.05, 0) is 57.1 Å². The number of carbonyl (C=O) groups excluding carboxylic acids is 2. The molecule has 0 aromatic heterocycles. The SMILES string of the molecule is C/C1=C/C[C@@H](/C(C)=C/c2ccc(C)cc2)OC(=O)C[C@H](O)C(C)(C)C(=O)[C@H](C)[C@@H](O)[C@@H](C)CCC1. The molecule has 5 heteroatoms. The fourth-order valence-corrected chi connectivity index (χ4v) is 4.65. The summed E-state index contributed by atoms with van der Waals surface area (Å²) in [4.78, 5) is 26.1. The zero-order valence-corrected chi connectivity index (χ0v) is 22.5. The third-order valence-electron chi connectivity index (χ3n) is 7.50. The maximum atomic E-state index is 13.2. The minimum Gasteiger partial charge on any atom is -0.457 e. The normalized spacial score (nSPS) is 31.4. The van der Waals surface area contributed by atoms with Crippen LogP contribution in [-0.4, -0.2) is 40.3 Å². The van der Waals surface area contributed by atoms with Crippen LogP contribution in [0.25, 0.3) is 6.08 Å². The first-order valence-corrected chi connectivity index (χ1v) is 12.8. The molecule has 1 aromatic carbocycles. The molecule has 1 aromatic rings. The van der Waals surface area contributed by atoms with Gasteiger partial charge in [0.1, 0.15) is 11.9 Å². The van der Waals surface area contributed by atoms with E-state index in [1.54, 1.807) is 20.8 Å². The first kappa shape index (κ1) is 29.0. The summed E-state index contributed by atoms with van der Waals surface area (Å²) in [5, 5.41) is 21.6. The van der Waals surface area contributed by atoms with Crippen molar-refractivity contribution in [3.63, 3.8) is 0 Å². The maximum absolute atomic E-state index is 13.2. The monoisotopic (exact) mass is 484 g/mol. The molecule has 0 saturated heterocycles. The summed E-state index contributed by atoms with van der Waals surface area (Å²) in [6.07, 6.45) is 4.51. The van der Waals surface area contributed by atoms with Crippen LogP contribution in [0.3, 0.4) is 0 Å². The van der Waals surface area contributed by atoms with Crippen molar-refractivity contribution in [1.82, 2.24) is 0 Å². The van der Waals surface area contributed by atoms with Gasteiger partial charge in [0.05, 0.1) is 24.0 Å². The lowest BCUT2D eigenvalue weighted by Crippen LogP contribution is -2.45. The number of aliphatic hydroxyl groups excluding tert-OH is 2. The molecular weight excluding hydrogens is 440 g/mol. The number of rotatable bonds is 2. The van der Waals surface area contributed by atoms with Gasteiger partial charge >= 0.3 is 5.97 Å². The van der Waals surface area contributed by atoms with Crippen LogP contribution < -0.4 is 0 Å². The third kappa shape index (κ3) is 8.15. The van der Waals surface area contributed by atoms with E-state index in [4.69, 9.17) is 4.74 Å². The molecule has 1 aliphatic rings. The number of benzene rings is 1. The van der Waals surface area contributed by atoms with Crippen molar-refractivity contribution in [1.29, 1.82) is 0 Å². The van der Waals surface area contributed by atoms with Crippen LogP contribution in [0.4, 0.5) is 0 Å². The highest BCUT2D eigenvalue weighted by Gasteiger charge is 2.42. The number of Topliss-reactive ketones (excluding diaryl/α,β-unsaturated/α-hetero) is 1. The van der Waals surface area contributed by atoms with Gasteiger partial charge in [0.15, 0.2) is 0 Å². The number of hydrogen-bond donors (Lipinski definition) is 2. The number of ether oxygens (including phenoxy) is 1. The largest absolute Gasteiger partial charge is 0.457 e. The second-order valence-corrected chi connectivity index (χ2v) is 11.0. The van der Waals surface area contributed by atoms with Gasteiger partial charge in [0, 0.05) is 12.3 Å². The number of carbonyl (C=O) groups is 2. The number of hydrogen-bond acceptors (Lipinski definition) is 5. The molecule has 1 heterocycles. The molecule has 0 bridgehead atoms. The zero-order valence-electron chi connectivity index (χ0n) is 22.5. The Labute approximate surface area is 211 Å². The van der Waals surface area contributed by atoms with Crippen LogP contribution in [-0.2, 0) is 14.3 Å². The highest BCUT2D eigenvalue weighted by Crippen LogP contribution is 2.32. The van der Waals surface area contributed by atoms with Gasteiger partial charge in [-0.15, -0.1) is 0 Å². The van der Waals surface area contributed by atoms with E-state index in [1.807, 2.05) is 51.1 Å². The predicted molar refractivity (Wildman–Crippen MR) is 141 cm³/mol. The first-order chi connectivity index (χ1) is 16.3. The summed E-state index contributed by atoms with van der Waals surface area (Å²) >= 11 is 0. The fourth-order valence-electron chi connectivity index (χ4n) is 4.65. The molecule has 35 heavy (non-hydrogen) atoms. The Morgan fingerprint density at radius 1 is 1.09 bits per heavy atom. The summed E-state index contributed by atoms with van der Waals surface area (Å²) in [6, 6.07) is 8.16. The zero-order chi connectivity index (χ0) is 26.3. The quantitative estimate of drug-likeness (QED) is 0.409. The average molecular weight is 485 g/mol. The number of allylic oxidation sites excluding steroid dienone is 1. The molecular formula is C30H44O5.